The third kappa shape index (κ3) is 5.10. The first-order valence-electron chi connectivity index (χ1n) is 5.03. The Morgan fingerprint density at radius 3 is 2.43 bits per heavy atom. The zero-order valence-corrected chi connectivity index (χ0v) is 11.1. The van der Waals surface area contributed by atoms with Crippen LogP contribution < -0.4 is 0 Å². The maximum Gasteiger partial charge on any atom is 0.140 e. The number of carbonyl (C=O) groups excluding carboxylic acids is 1. The van der Waals surface area contributed by atoms with Crippen LogP contribution in [0, 0.1) is 5.92 Å². The van der Waals surface area contributed by atoms with Crippen molar-refractivity contribution in [3.63, 3.8) is 0 Å². The molecule has 0 amide bonds. The van der Waals surface area contributed by atoms with E-state index in [1.807, 2.05) is 22.6 Å². The van der Waals surface area contributed by atoms with Crippen molar-refractivity contribution < 1.29 is 9.90 Å². The highest BCUT2D eigenvalue weighted by molar-refractivity contribution is 14.1. The molecule has 0 aliphatic heterocycles. The van der Waals surface area contributed by atoms with E-state index >= 15 is 0 Å². The smallest absolute Gasteiger partial charge is 0.140 e. The van der Waals surface area contributed by atoms with Crippen LogP contribution in [0.25, 0.3) is 0 Å². The molecule has 0 unspecified atom stereocenters. The standard InChI is InChI=1S/C11H19IO2/c1-4-5-6-7-10(14)11(8(2)12)9(3)13/h10-11,14H,2,4-7H2,1,3H3/t10-,11-/m1/s1. The molecular weight excluding hydrogens is 291 g/mol. The molecule has 0 saturated carbocycles. The average Bonchev–Trinajstić information content (AvgIpc) is 2.03. The number of hydrogen-bond acceptors (Lipinski definition) is 2. The summed E-state index contributed by atoms with van der Waals surface area (Å²) in [5.74, 6) is -0.374. The van der Waals surface area contributed by atoms with Crippen LogP contribution in [0.15, 0.2) is 10.2 Å². The molecule has 0 aliphatic carbocycles. The first kappa shape index (κ1) is 14.1. The Balaban J connectivity index is 4.09. The lowest BCUT2D eigenvalue weighted by molar-refractivity contribution is -0.122. The van der Waals surface area contributed by atoms with Gasteiger partial charge in [-0.1, -0.05) is 32.8 Å². The van der Waals surface area contributed by atoms with E-state index in [1.165, 1.54) is 6.92 Å². The first-order valence-corrected chi connectivity index (χ1v) is 6.11. The summed E-state index contributed by atoms with van der Waals surface area (Å²) in [4.78, 5) is 11.2. The number of carbonyl (C=O) groups is 1. The molecule has 0 fully saturated rings. The van der Waals surface area contributed by atoms with Gasteiger partial charge in [-0.25, -0.2) is 0 Å². The maximum absolute atomic E-state index is 11.2. The van der Waals surface area contributed by atoms with Crippen LogP contribution in [-0.2, 0) is 4.79 Å². The molecule has 2 atom stereocenters. The van der Waals surface area contributed by atoms with Gasteiger partial charge >= 0.3 is 0 Å². The molecule has 0 bridgehead atoms. The summed E-state index contributed by atoms with van der Waals surface area (Å²) in [6.45, 7) is 7.36. The van der Waals surface area contributed by atoms with Crippen LogP contribution in [0.4, 0.5) is 0 Å². The zero-order valence-electron chi connectivity index (χ0n) is 8.92. The average molecular weight is 310 g/mol. The number of rotatable bonds is 7. The van der Waals surface area contributed by atoms with E-state index in [2.05, 4.69) is 13.5 Å². The van der Waals surface area contributed by atoms with E-state index in [-0.39, 0.29) is 11.7 Å². The van der Waals surface area contributed by atoms with Crippen LogP contribution in [0.5, 0.6) is 0 Å². The molecule has 2 nitrogen and oxygen atoms in total. The number of aliphatic hydroxyl groups excluding tert-OH is 1. The van der Waals surface area contributed by atoms with E-state index in [0.717, 1.165) is 22.8 Å². The fraction of sp³-hybridized carbons (Fsp3) is 0.727. The van der Waals surface area contributed by atoms with Crippen molar-refractivity contribution in [1.82, 2.24) is 0 Å². The minimum absolute atomic E-state index is 0.00778. The predicted octanol–water partition coefficient (Wildman–Crippen LogP) is 3.08. The van der Waals surface area contributed by atoms with Crippen molar-refractivity contribution in [2.24, 2.45) is 5.92 Å². The van der Waals surface area contributed by atoms with Crippen molar-refractivity contribution in [1.29, 1.82) is 0 Å². The number of Topliss-reactive ketones (excluding diaryl/α,β-unsaturated/α-hetero) is 1. The molecular formula is C11H19IO2. The molecule has 0 radical (unpaired) electrons. The van der Waals surface area contributed by atoms with Gasteiger partial charge in [0.2, 0.25) is 0 Å². The SMILES string of the molecule is C=C(I)[C@H](C(C)=O)[C@H](O)CCCCC. The van der Waals surface area contributed by atoms with E-state index in [4.69, 9.17) is 0 Å². The minimum Gasteiger partial charge on any atom is -0.392 e. The summed E-state index contributed by atoms with van der Waals surface area (Å²) in [5, 5.41) is 9.79. The summed E-state index contributed by atoms with van der Waals surface area (Å²) < 4.78 is 0.735. The maximum atomic E-state index is 11.2. The number of unbranched alkanes of at least 4 members (excludes halogenated alkanes) is 2. The van der Waals surface area contributed by atoms with Crippen LogP contribution in [0.3, 0.4) is 0 Å². The Morgan fingerprint density at radius 1 is 1.50 bits per heavy atom. The highest BCUT2D eigenvalue weighted by atomic mass is 127. The lowest BCUT2D eigenvalue weighted by Gasteiger charge is -2.19. The molecule has 0 spiro atoms. The second kappa shape index (κ2) is 7.40. The predicted molar refractivity (Wildman–Crippen MR) is 67.5 cm³/mol. The van der Waals surface area contributed by atoms with Gasteiger partial charge in [0.25, 0.3) is 0 Å². The first-order chi connectivity index (χ1) is 6.50. The summed E-state index contributed by atoms with van der Waals surface area (Å²) in [5.41, 5.74) is 0. The summed E-state index contributed by atoms with van der Waals surface area (Å²) in [6, 6.07) is 0. The van der Waals surface area contributed by atoms with Gasteiger partial charge in [0.1, 0.15) is 5.78 Å². The number of ketones is 1. The molecule has 0 heterocycles. The number of hydrogen-bond donors (Lipinski definition) is 1. The molecule has 0 aromatic heterocycles. The van der Waals surface area contributed by atoms with E-state index in [1.54, 1.807) is 0 Å². The van der Waals surface area contributed by atoms with Gasteiger partial charge in [-0.3, -0.25) is 4.79 Å². The lowest BCUT2D eigenvalue weighted by atomic mass is 9.94. The molecule has 14 heavy (non-hydrogen) atoms. The number of aliphatic hydroxyl groups is 1. The van der Waals surface area contributed by atoms with Gasteiger partial charge in [-0.2, -0.15) is 0 Å². The van der Waals surface area contributed by atoms with Crippen LogP contribution in [0.2, 0.25) is 0 Å². The van der Waals surface area contributed by atoms with Crippen LogP contribution in [0.1, 0.15) is 39.5 Å². The number of halogens is 1. The topological polar surface area (TPSA) is 37.3 Å². The zero-order chi connectivity index (χ0) is 11.1. The third-order valence-electron chi connectivity index (χ3n) is 2.26. The monoisotopic (exact) mass is 310 g/mol. The normalized spacial score (nSPS) is 14.9. The molecule has 0 aromatic carbocycles. The summed E-state index contributed by atoms with van der Waals surface area (Å²) in [6.07, 6.45) is 3.35. The molecule has 0 aliphatic rings. The van der Waals surface area contributed by atoms with E-state index < -0.39 is 6.10 Å². The summed E-state index contributed by atoms with van der Waals surface area (Å²) >= 11 is 2.02. The van der Waals surface area contributed by atoms with Crippen LogP contribution >= 0.6 is 22.6 Å². The van der Waals surface area contributed by atoms with Crippen molar-refractivity contribution in [3.05, 3.63) is 10.2 Å². The van der Waals surface area contributed by atoms with E-state index in [0.29, 0.717) is 6.42 Å². The fourth-order valence-electron chi connectivity index (χ4n) is 1.47. The molecule has 0 aromatic rings. The Morgan fingerprint density at radius 2 is 2.07 bits per heavy atom. The van der Waals surface area contributed by atoms with Crippen molar-refractivity contribution in [2.75, 3.05) is 0 Å². The van der Waals surface area contributed by atoms with Crippen LogP contribution in [-0.4, -0.2) is 17.0 Å². The molecule has 1 N–H and O–H groups in total. The fourth-order valence-corrected chi connectivity index (χ4v) is 2.32. The largest absolute Gasteiger partial charge is 0.392 e. The Hall–Kier alpha value is 0.1000. The van der Waals surface area contributed by atoms with Crippen molar-refractivity contribution >= 4 is 28.4 Å². The molecule has 3 heteroatoms. The molecule has 0 saturated heterocycles. The van der Waals surface area contributed by atoms with E-state index in [9.17, 15) is 9.90 Å². The van der Waals surface area contributed by atoms with Gasteiger partial charge in [0.15, 0.2) is 0 Å². The van der Waals surface area contributed by atoms with Gasteiger partial charge in [0.05, 0.1) is 12.0 Å². The Kier molecular flexibility index (Phi) is 7.45. The van der Waals surface area contributed by atoms with Gasteiger partial charge < -0.3 is 5.11 Å². The van der Waals surface area contributed by atoms with Crippen molar-refractivity contribution in [3.8, 4) is 0 Å². The lowest BCUT2D eigenvalue weighted by Crippen LogP contribution is -2.26. The minimum atomic E-state index is -0.552. The Bertz CT molecular complexity index is 187. The second-order valence-electron chi connectivity index (χ2n) is 3.60. The second-order valence-corrected chi connectivity index (χ2v) is 4.98. The quantitative estimate of drug-likeness (QED) is 0.579. The van der Waals surface area contributed by atoms with Crippen molar-refractivity contribution in [2.45, 2.75) is 45.6 Å². The highest BCUT2D eigenvalue weighted by Gasteiger charge is 2.24. The van der Waals surface area contributed by atoms with Gasteiger partial charge in [-0.05, 0) is 39.5 Å². The molecule has 82 valence electrons. The highest BCUT2D eigenvalue weighted by Crippen LogP contribution is 2.24. The van der Waals surface area contributed by atoms with Gasteiger partial charge in [0, 0.05) is 0 Å². The van der Waals surface area contributed by atoms with Gasteiger partial charge in [-0.15, -0.1) is 0 Å². The molecule has 0 rings (SSSR count). The third-order valence-corrected chi connectivity index (χ3v) is 2.93. The Labute approximate surface area is 99.9 Å². The summed E-state index contributed by atoms with van der Waals surface area (Å²) in [7, 11) is 0.